The smallest absolute Gasteiger partial charge is 0.344 e. The number of fused-ring (bicyclic) bond motifs is 1. The first-order valence-electron chi connectivity index (χ1n) is 5.89. The Morgan fingerprint density at radius 1 is 1.37 bits per heavy atom. The summed E-state index contributed by atoms with van der Waals surface area (Å²) in [7, 11) is -4.13. The summed E-state index contributed by atoms with van der Waals surface area (Å²) in [4.78, 5) is 0. The molecular weight excluding hydrogens is 290 g/mol. The second-order valence-corrected chi connectivity index (χ2v) is 6.31. The fourth-order valence-electron chi connectivity index (χ4n) is 2.00. The molecule has 0 saturated heterocycles. The lowest BCUT2D eigenvalue weighted by molar-refractivity contribution is -0.683. The van der Waals surface area contributed by atoms with Gasteiger partial charge in [-0.15, -0.1) is 0 Å². The minimum Gasteiger partial charge on any atom is -0.748 e. The van der Waals surface area contributed by atoms with Gasteiger partial charge in [0, 0.05) is 23.3 Å². The Hall–Kier alpha value is -1.11. The van der Waals surface area contributed by atoms with E-state index in [9.17, 15) is 13.0 Å². The van der Waals surface area contributed by atoms with Crippen molar-refractivity contribution in [1.82, 2.24) is 0 Å². The molecule has 2 rings (SSSR count). The van der Waals surface area contributed by atoms with Crippen molar-refractivity contribution in [2.24, 2.45) is 0 Å². The molecule has 0 aliphatic heterocycles. The molecule has 0 unspecified atom stereocenters. The Balaban J connectivity index is 2.12. The normalized spacial score (nSPS) is 12.2. The minimum absolute atomic E-state index is 0.330. The number of oxazole rings is 1. The monoisotopic (exact) mass is 303 g/mol. The largest absolute Gasteiger partial charge is 0.748 e. The molecular formula is C12H14ClNO4S. The lowest BCUT2D eigenvalue weighted by Gasteiger charge is -2.04. The van der Waals surface area contributed by atoms with Crippen molar-refractivity contribution in [2.45, 2.75) is 26.3 Å². The molecule has 0 aliphatic rings. The molecule has 0 aliphatic carbocycles. The second kappa shape index (κ2) is 5.48. The number of aryl methyl sites for hydroxylation is 2. The van der Waals surface area contributed by atoms with Crippen LogP contribution in [0.25, 0.3) is 11.1 Å². The molecule has 0 radical (unpaired) electrons. The van der Waals surface area contributed by atoms with Crippen molar-refractivity contribution < 1.29 is 22.0 Å². The Bertz CT molecular complexity index is 693. The molecule has 5 nitrogen and oxygen atoms in total. The Morgan fingerprint density at radius 3 is 2.79 bits per heavy atom. The van der Waals surface area contributed by atoms with Gasteiger partial charge in [-0.25, -0.2) is 8.42 Å². The van der Waals surface area contributed by atoms with Gasteiger partial charge in [0.05, 0.1) is 17.0 Å². The van der Waals surface area contributed by atoms with E-state index in [4.69, 9.17) is 16.0 Å². The SMILES string of the molecule is Cc1oc2ccc(Cl)cc2[n+]1CCCCS(=O)(=O)[O-]. The Morgan fingerprint density at radius 2 is 2.11 bits per heavy atom. The highest BCUT2D eigenvalue weighted by Crippen LogP contribution is 2.18. The van der Waals surface area contributed by atoms with E-state index >= 15 is 0 Å². The van der Waals surface area contributed by atoms with E-state index in [1.165, 1.54) is 0 Å². The summed E-state index contributed by atoms with van der Waals surface area (Å²) < 4.78 is 39.1. The molecule has 1 heterocycles. The van der Waals surface area contributed by atoms with Gasteiger partial charge in [-0.1, -0.05) is 11.6 Å². The van der Waals surface area contributed by atoms with Crippen LogP contribution in [0.2, 0.25) is 5.02 Å². The van der Waals surface area contributed by atoms with Crippen LogP contribution < -0.4 is 4.57 Å². The van der Waals surface area contributed by atoms with E-state index in [1.807, 2.05) is 11.5 Å². The van der Waals surface area contributed by atoms with Crippen molar-refractivity contribution in [3.05, 3.63) is 29.1 Å². The van der Waals surface area contributed by atoms with Gasteiger partial charge in [0.2, 0.25) is 5.58 Å². The van der Waals surface area contributed by atoms with Crippen LogP contribution in [0.4, 0.5) is 0 Å². The van der Waals surface area contributed by atoms with E-state index in [2.05, 4.69) is 0 Å². The molecule has 104 valence electrons. The molecule has 1 aromatic heterocycles. The maximum Gasteiger partial charge on any atom is 0.344 e. The molecule has 19 heavy (non-hydrogen) atoms. The third kappa shape index (κ3) is 3.68. The number of aromatic nitrogens is 1. The summed E-state index contributed by atoms with van der Waals surface area (Å²) in [5.74, 6) is 0.394. The molecule has 0 N–H and O–H groups in total. The van der Waals surface area contributed by atoms with Gasteiger partial charge < -0.3 is 8.97 Å². The van der Waals surface area contributed by atoms with Crippen LogP contribution in [0.15, 0.2) is 22.6 Å². The summed E-state index contributed by atoms with van der Waals surface area (Å²) in [5.41, 5.74) is 1.60. The van der Waals surface area contributed by atoms with E-state index in [0.717, 1.165) is 17.0 Å². The number of halogens is 1. The Labute approximate surface area is 116 Å². The molecule has 2 aromatic rings. The standard InChI is InChI=1S/C12H14ClNO4S/c1-9-14(6-2-3-7-19(15,16)17)11-8-10(13)4-5-12(11)18-9/h4-5,8H,2-3,6-7H2,1H3. The predicted octanol–water partition coefficient (Wildman–Crippen LogP) is 2.01. The molecule has 0 atom stereocenters. The zero-order chi connectivity index (χ0) is 14.0. The van der Waals surface area contributed by atoms with Gasteiger partial charge in [-0.3, -0.25) is 0 Å². The van der Waals surface area contributed by atoms with Crippen molar-refractivity contribution >= 4 is 32.8 Å². The molecule has 0 spiro atoms. The van der Waals surface area contributed by atoms with E-state index < -0.39 is 10.1 Å². The van der Waals surface area contributed by atoms with Crippen LogP contribution >= 0.6 is 11.6 Å². The average Bonchev–Trinajstić information content (AvgIpc) is 2.59. The fourth-order valence-corrected chi connectivity index (χ4v) is 2.72. The van der Waals surface area contributed by atoms with Crippen LogP contribution in [-0.2, 0) is 16.7 Å². The average molecular weight is 304 g/mol. The van der Waals surface area contributed by atoms with E-state index in [-0.39, 0.29) is 5.75 Å². The second-order valence-electron chi connectivity index (χ2n) is 4.35. The zero-order valence-electron chi connectivity index (χ0n) is 10.4. The lowest BCUT2D eigenvalue weighted by atomic mass is 10.3. The number of unbranched alkanes of at least 4 members (excludes halogenated alkanes) is 1. The molecule has 1 aromatic carbocycles. The molecule has 0 fully saturated rings. The predicted molar refractivity (Wildman–Crippen MR) is 70.0 cm³/mol. The molecule has 0 amide bonds. The first kappa shape index (κ1) is 14.3. The summed E-state index contributed by atoms with van der Waals surface area (Å²) >= 11 is 5.95. The summed E-state index contributed by atoms with van der Waals surface area (Å²) in [5, 5.41) is 0.615. The van der Waals surface area contributed by atoms with Crippen LogP contribution in [-0.4, -0.2) is 18.7 Å². The van der Waals surface area contributed by atoms with Crippen LogP contribution in [0.1, 0.15) is 18.7 Å². The number of hydrogen-bond acceptors (Lipinski definition) is 4. The van der Waals surface area contributed by atoms with Crippen LogP contribution in [0.5, 0.6) is 0 Å². The number of benzene rings is 1. The number of rotatable bonds is 5. The zero-order valence-corrected chi connectivity index (χ0v) is 12.0. The van der Waals surface area contributed by atoms with Gasteiger partial charge in [-0.05, 0) is 18.6 Å². The summed E-state index contributed by atoms with van der Waals surface area (Å²) in [6.07, 6.45) is 0.930. The maximum atomic E-state index is 10.5. The quantitative estimate of drug-likeness (QED) is 0.481. The van der Waals surface area contributed by atoms with Crippen molar-refractivity contribution in [2.75, 3.05) is 5.75 Å². The van der Waals surface area contributed by atoms with E-state index in [1.54, 1.807) is 18.2 Å². The first-order valence-corrected chi connectivity index (χ1v) is 7.84. The third-order valence-corrected chi connectivity index (χ3v) is 3.90. The van der Waals surface area contributed by atoms with Crippen LogP contribution in [0.3, 0.4) is 0 Å². The van der Waals surface area contributed by atoms with Crippen molar-refractivity contribution in [1.29, 1.82) is 0 Å². The Kier molecular flexibility index (Phi) is 4.13. The lowest BCUT2D eigenvalue weighted by Crippen LogP contribution is -2.35. The minimum atomic E-state index is -4.13. The van der Waals surface area contributed by atoms with E-state index in [0.29, 0.717) is 24.4 Å². The van der Waals surface area contributed by atoms with Gasteiger partial charge >= 0.3 is 5.89 Å². The molecule has 0 bridgehead atoms. The highest BCUT2D eigenvalue weighted by molar-refractivity contribution is 7.85. The molecule has 0 saturated carbocycles. The molecule has 7 heteroatoms. The van der Waals surface area contributed by atoms with Gasteiger partial charge in [0.15, 0.2) is 6.54 Å². The topological polar surface area (TPSA) is 74.2 Å². The maximum absolute atomic E-state index is 10.5. The summed E-state index contributed by atoms with van der Waals surface area (Å²) in [6.45, 7) is 2.42. The van der Waals surface area contributed by atoms with Gasteiger partial charge in [0.25, 0.3) is 5.52 Å². The van der Waals surface area contributed by atoms with Gasteiger partial charge in [-0.2, -0.15) is 4.57 Å². The van der Waals surface area contributed by atoms with Gasteiger partial charge in [0.1, 0.15) is 0 Å². The van der Waals surface area contributed by atoms with Crippen molar-refractivity contribution in [3.8, 4) is 0 Å². The number of nitrogens with zero attached hydrogens (tertiary/aromatic N) is 1. The fraction of sp³-hybridized carbons (Fsp3) is 0.417. The highest BCUT2D eigenvalue weighted by Gasteiger charge is 2.18. The van der Waals surface area contributed by atoms with Crippen molar-refractivity contribution in [3.63, 3.8) is 0 Å². The third-order valence-electron chi connectivity index (χ3n) is 2.88. The summed E-state index contributed by atoms with van der Waals surface area (Å²) in [6, 6.07) is 5.35. The first-order chi connectivity index (χ1) is 8.87. The number of hydrogen-bond donors (Lipinski definition) is 0. The highest BCUT2D eigenvalue weighted by atomic mass is 35.5. The van der Waals surface area contributed by atoms with Crippen LogP contribution in [0, 0.1) is 6.92 Å².